The third-order valence-corrected chi connectivity index (χ3v) is 4.80. The van der Waals surface area contributed by atoms with Crippen molar-refractivity contribution in [2.75, 3.05) is 7.05 Å². The molecular weight excluding hydrogens is 320 g/mol. The minimum atomic E-state index is -1.13. The van der Waals surface area contributed by atoms with E-state index in [2.05, 4.69) is 10.6 Å². The zero-order chi connectivity index (χ0) is 18.3. The SMILES string of the molecule is CNC(=O)c1cccc(CCC(=O)NC2(C(=O)O)CCCCCC2)c1. The molecule has 2 rings (SSSR count). The van der Waals surface area contributed by atoms with Gasteiger partial charge in [0.15, 0.2) is 0 Å². The molecule has 0 heterocycles. The van der Waals surface area contributed by atoms with Gasteiger partial charge in [-0.25, -0.2) is 4.79 Å². The number of aryl methyl sites for hydroxylation is 1. The van der Waals surface area contributed by atoms with Gasteiger partial charge in [-0.1, -0.05) is 37.8 Å². The van der Waals surface area contributed by atoms with Crippen LogP contribution in [-0.2, 0) is 16.0 Å². The van der Waals surface area contributed by atoms with Crippen molar-refractivity contribution in [2.45, 2.75) is 56.9 Å². The monoisotopic (exact) mass is 346 g/mol. The van der Waals surface area contributed by atoms with Gasteiger partial charge >= 0.3 is 5.97 Å². The Morgan fingerprint density at radius 1 is 1.12 bits per heavy atom. The second-order valence-corrected chi connectivity index (χ2v) is 6.63. The van der Waals surface area contributed by atoms with Crippen molar-refractivity contribution in [3.05, 3.63) is 35.4 Å². The van der Waals surface area contributed by atoms with Gasteiger partial charge in [-0.2, -0.15) is 0 Å². The maximum atomic E-state index is 12.3. The molecule has 0 spiro atoms. The molecule has 3 N–H and O–H groups in total. The average molecular weight is 346 g/mol. The summed E-state index contributed by atoms with van der Waals surface area (Å²) in [5.74, 6) is -1.37. The van der Waals surface area contributed by atoms with Crippen LogP contribution >= 0.6 is 0 Å². The minimum absolute atomic E-state index is 0.172. The van der Waals surface area contributed by atoms with Crippen molar-refractivity contribution in [2.24, 2.45) is 0 Å². The van der Waals surface area contributed by atoms with E-state index < -0.39 is 11.5 Å². The van der Waals surface area contributed by atoms with E-state index in [1.54, 1.807) is 25.2 Å². The van der Waals surface area contributed by atoms with E-state index in [4.69, 9.17) is 0 Å². The molecule has 25 heavy (non-hydrogen) atoms. The van der Waals surface area contributed by atoms with Gasteiger partial charge in [0.2, 0.25) is 5.91 Å². The Kier molecular flexibility index (Phi) is 6.56. The molecule has 1 saturated carbocycles. The lowest BCUT2D eigenvalue weighted by molar-refractivity contribution is -0.148. The van der Waals surface area contributed by atoms with Gasteiger partial charge < -0.3 is 15.7 Å². The van der Waals surface area contributed by atoms with Crippen LogP contribution in [0.15, 0.2) is 24.3 Å². The van der Waals surface area contributed by atoms with Gasteiger partial charge in [0.1, 0.15) is 5.54 Å². The summed E-state index contributed by atoms with van der Waals surface area (Å²) in [5, 5.41) is 15.0. The summed E-state index contributed by atoms with van der Waals surface area (Å²) >= 11 is 0. The number of carboxylic acid groups (broad SMARTS) is 1. The highest BCUT2D eigenvalue weighted by atomic mass is 16.4. The summed E-state index contributed by atoms with van der Waals surface area (Å²) in [6.07, 6.45) is 5.30. The van der Waals surface area contributed by atoms with Crippen LogP contribution in [0.25, 0.3) is 0 Å². The Morgan fingerprint density at radius 2 is 1.80 bits per heavy atom. The number of rotatable bonds is 6. The van der Waals surface area contributed by atoms with Crippen molar-refractivity contribution in [3.8, 4) is 0 Å². The average Bonchev–Trinajstić information content (AvgIpc) is 2.86. The number of aliphatic carboxylic acids is 1. The summed E-state index contributed by atoms with van der Waals surface area (Å²) in [6, 6.07) is 7.11. The Labute approximate surface area is 148 Å². The first kappa shape index (κ1) is 19.0. The van der Waals surface area contributed by atoms with Crippen LogP contribution in [-0.4, -0.2) is 35.5 Å². The third-order valence-electron chi connectivity index (χ3n) is 4.80. The van der Waals surface area contributed by atoms with Crippen LogP contribution in [0.5, 0.6) is 0 Å². The maximum absolute atomic E-state index is 12.3. The first-order chi connectivity index (χ1) is 12.0. The molecule has 1 aliphatic rings. The van der Waals surface area contributed by atoms with E-state index in [0.717, 1.165) is 31.2 Å². The van der Waals surface area contributed by atoms with Crippen molar-refractivity contribution >= 4 is 17.8 Å². The molecule has 136 valence electrons. The first-order valence-corrected chi connectivity index (χ1v) is 8.82. The predicted molar refractivity (Wildman–Crippen MR) is 94.4 cm³/mol. The molecule has 1 aliphatic carbocycles. The zero-order valence-electron chi connectivity index (χ0n) is 14.6. The van der Waals surface area contributed by atoms with Crippen LogP contribution in [0.3, 0.4) is 0 Å². The van der Waals surface area contributed by atoms with Gasteiger partial charge in [-0.15, -0.1) is 0 Å². The second-order valence-electron chi connectivity index (χ2n) is 6.63. The number of carboxylic acids is 1. The van der Waals surface area contributed by atoms with Crippen molar-refractivity contribution in [3.63, 3.8) is 0 Å². The first-order valence-electron chi connectivity index (χ1n) is 8.82. The van der Waals surface area contributed by atoms with Gasteiger partial charge in [0, 0.05) is 19.0 Å². The largest absolute Gasteiger partial charge is 0.480 e. The van der Waals surface area contributed by atoms with E-state index in [1.165, 1.54) is 0 Å². The minimum Gasteiger partial charge on any atom is -0.480 e. The van der Waals surface area contributed by atoms with Crippen molar-refractivity contribution in [1.82, 2.24) is 10.6 Å². The summed E-state index contributed by atoms with van der Waals surface area (Å²) in [6.45, 7) is 0. The summed E-state index contributed by atoms with van der Waals surface area (Å²) in [7, 11) is 1.57. The van der Waals surface area contributed by atoms with Crippen molar-refractivity contribution < 1.29 is 19.5 Å². The van der Waals surface area contributed by atoms with E-state index in [9.17, 15) is 19.5 Å². The fourth-order valence-corrected chi connectivity index (χ4v) is 3.32. The molecule has 2 amide bonds. The van der Waals surface area contributed by atoms with E-state index >= 15 is 0 Å². The quantitative estimate of drug-likeness (QED) is 0.689. The van der Waals surface area contributed by atoms with Crippen molar-refractivity contribution in [1.29, 1.82) is 0 Å². The second kappa shape index (κ2) is 8.65. The molecule has 1 fully saturated rings. The highest BCUT2D eigenvalue weighted by Crippen LogP contribution is 2.27. The smallest absolute Gasteiger partial charge is 0.329 e. The van der Waals surface area contributed by atoms with Gasteiger partial charge in [-0.05, 0) is 37.0 Å². The lowest BCUT2D eigenvalue weighted by atomic mass is 9.90. The van der Waals surface area contributed by atoms with Crippen LogP contribution < -0.4 is 10.6 Å². The molecule has 0 bridgehead atoms. The Balaban J connectivity index is 1.97. The molecular formula is C19H26N2O4. The summed E-state index contributed by atoms with van der Waals surface area (Å²) < 4.78 is 0. The number of benzene rings is 1. The fourth-order valence-electron chi connectivity index (χ4n) is 3.32. The van der Waals surface area contributed by atoms with Gasteiger partial charge in [0.25, 0.3) is 5.91 Å². The maximum Gasteiger partial charge on any atom is 0.329 e. The molecule has 0 aliphatic heterocycles. The number of hydrogen-bond donors (Lipinski definition) is 3. The highest BCUT2D eigenvalue weighted by molar-refractivity contribution is 5.94. The molecule has 6 nitrogen and oxygen atoms in total. The topological polar surface area (TPSA) is 95.5 Å². The Bertz CT molecular complexity index is 634. The molecule has 0 radical (unpaired) electrons. The lowest BCUT2D eigenvalue weighted by Gasteiger charge is -2.29. The molecule has 1 aromatic carbocycles. The zero-order valence-corrected chi connectivity index (χ0v) is 14.6. The highest BCUT2D eigenvalue weighted by Gasteiger charge is 2.39. The standard InChI is InChI=1S/C19H26N2O4/c1-20-17(23)15-8-6-7-14(13-15)9-10-16(22)21-19(18(24)25)11-4-2-3-5-12-19/h6-8,13H,2-5,9-12H2,1H3,(H,20,23)(H,21,22)(H,24,25). The normalized spacial score (nSPS) is 16.5. The number of amides is 2. The number of carbonyl (C=O) groups excluding carboxylic acids is 2. The number of hydrogen-bond acceptors (Lipinski definition) is 3. The summed E-state index contributed by atoms with van der Waals surface area (Å²) in [5.41, 5.74) is 0.296. The third kappa shape index (κ3) is 5.05. The van der Waals surface area contributed by atoms with Crippen LogP contribution in [0.1, 0.15) is 60.9 Å². The number of nitrogens with one attached hydrogen (secondary N) is 2. The van der Waals surface area contributed by atoms with Crippen LogP contribution in [0.2, 0.25) is 0 Å². The molecule has 6 heteroatoms. The molecule has 0 saturated heterocycles. The molecule has 0 aromatic heterocycles. The lowest BCUT2D eigenvalue weighted by Crippen LogP contribution is -2.54. The van der Waals surface area contributed by atoms with Crippen LogP contribution in [0.4, 0.5) is 0 Å². The Morgan fingerprint density at radius 3 is 2.40 bits per heavy atom. The predicted octanol–water partition coefficient (Wildman–Crippen LogP) is 2.27. The van der Waals surface area contributed by atoms with E-state index in [1.807, 2.05) is 6.07 Å². The molecule has 0 atom stereocenters. The Hall–Kier alpha value is -2.37. The molecule has 0 unspecified atom stereocenters. The van der Waals surface area contributed by atoms with Crippen LogP contribution in [0, 0.1) is 0 Å². The van der Waals surface area contributed by atoms with Gasteiger partial charge in [0.05, 0.1) is 0 Å². The van der Waals surface area contributed by atoms with Gasteiger partial charge in [-0.3, -0.25) is 9.59 Å². The summed E-state index contributed by atoms with van der Waals surface area (Å²) in [4.78, 5) is 35.7. The number of carbonyl (C=O) groups is 3. The fraction of sp³-hybridized carbons (Fsp3) is 0.526. The molecule has 1 aromatic rings. The van der Waals surface area contributed by atoms with E-state index in [0.29, 0.717) is 24.8 Å². The van der Waals surface area contributed by atoms with E-state index in [-0.39, 0.29) is 18.2 Å².